The first-order valence-electron chi connectivity index (χ1n) is 8.74. The maximum atomic E-state index is 11.7. The van der Waals surface area contributed by atoms with Crippen LogP contribution in [-0.2, 0) is 4.79 Å². The minimum atomic E-state index is -0.345. The number of hydrogen-bond donors (Lipinski definition) is 2. The van der Waals surface area contributed by atoms with Gasteiger partial charge in [0, 0.05) is 11.5 Å². The molecule has 4 rings (SSSR count). The maximum absolute atomic E-state index is 11.7. The van der Waals surface area contributed by atoms with Gasteiger partial charge in [-0.2, -0.15) is 0 Å². The number of carbonyl (C=O) groups excluding carboxylic acids is 1. The van der Waals surface area contributed by atoms with Crippen LogP contribution in [0.25, 0.3) is 0 Å². The van der Waals surface area contributed by atoms with Crippen molar-refractivity contribution in [3.05, 3.63) is 23.8 Å². The first kappa shape index (κ1) is 14.6. The van der Waals surface area contributed by atoms with E-state index in [9.17, 15) is 9.90 Å². The van der Waals surface area contributed by atoms with Crippen molar-refractivity contribution in [2.45, 2.75) is 58.1 Å². The van der Waals surface area contributed by atoms with Crippen molar-refractivity contribution >= 4 is 5.78 Å². The van der Waals surface area contributed by atoms with Crippen LogP contribution in [0.2, 0.25) is 0 Å². The lowest BCUT2D eigenvalue weighted by Crippen LogP contribution is -2.52. The van der Waals surface area contributed by atoms with E-state index in [1.54, 1.807) is 6.08 Å². The smallest absolute Gasteiger partial charge is 0.178 e. The second-order valence-corrected chi connectivity index (χ2v) is 8.48. The zero-order valence-corrected chi connectivity index (χ0v) is 13.6. The maximum Gasteiger partial charge on any atom is 0.178 e. The first-order valence-corrected chi connectivity index (χ1v) is 8.74. The van der Waals surface area contributed by atoms with Gasteiger partial charge in [0.1, 0.15) is 0 Å². The Kier molecular flexibility index (Phi) is 3.03. The van der Waals surface area contributed by atoms with E-state index in [1.165, 1.54) is 5.57 Å². The lowest BCUT2D eigenvalue weighted by Gasteiger charge is -2.56. The Labute approximate surface area is 132 Å². The lowest BCUT2D eigenvalue weighted by molar-refractivity contribution is -0.111. The minimum absolute atomic E-state index is 0.0375. The van der Waals surface area contributed by atoms with E-state index in [2.05, 4.69) is 19.9 Å². The molecule has 3 fully saturated rings. The van der Waals surface area contributed by atoms with Gasteiger partial charge < -0.3 is 10.8 Å². The van der Waals surface area contributed by atoms with Crippen LogP contribution >= 0.6 is 0 Å². The van der Waals surface area contributed by atoms with Gasteiger partial charge in [0.25, 0.3) is 0 Å². The van der Waals surface area contributed by atoms with Gasteiger partial charge in [-0.25, -0.2) is 0 Å². The summed E-state index contributed by atoms with van der Waals surface area (Å²) in [7, 11) is 0. The summed E-state index contributed by atoms with van der Waals surface area (Å²) in [6.07, 6.45) is 10.7. The fourth-order valence-corrected chi connectivity index (χ4v) is 6.25. The monoisotopic (exact) mass is 301 g/mol. The Morgan fingerprint density at radius 3 is 2.82 bits per heavy atom. The molecule has 0 aromatic carbocycles. The van der Waals surface area contributed by atoms with E-state index >= 15 is 0 Å². The largest absolute Gasteiger partial charge is 0.391 e. The number of allylic oxidation sites excluding steroid dienone is 4. The molecule has 3 saturated carbocycles. The van der Waals surface area contributed by atoms with Gasteiger partial charge in [-0.3, -0.25) is 4.79 Å². The Bertz CT molecular complexity index is 580. The molecule has 0 radical (unpaired) electrons. The Morgan fingerprint density at radius 2 is 2.05 bits per heavy atom. The van der Waals surface area contributed by atoms with Crippen LogP contribution < -0.4 is 5.73 Å². The SMILES string of the molecule is C[C@]12CC[C@H]3[C@@H](CCC4=CC(=O)C=C[C@@]43C)[C@@H]1C[C@@H](O)[C@H]2N. The molecule has 0 saturated heterocycles. The normalized spacial score (nSPS) is 53.5. The summed E-state index contributed by atoms with van der Waals surface area (Å²) in [5.41, 5.74) is 7.81. The molecule has 120 valence electrons. The number of nitrogens with two attached hydrogens (primary N) is 1. The molecule has 0 amide bonds. The number of hydrogen-bond acceptors (Lipinski definition) is 3. The van der Waals surface area contributed by atoms with Gasteiger partial charge in [-0.1, -0.05) is 25.5 Å². The van der Waals surface area contributed by atoms with Crippen molar-refractivity contribution in [1.82, 2.24) is 0 Å². The van der Waals surface area contributed by atoms with Crippen molar-refractivity contribution in [2.75, 3.05) is 0 Å². The number of aliphatic hydroxyl groups is 1. The fourth-order valence-electron chi connectivity index (χ4n) is 6.25. The van der Waals surface area contributed by atoms with Crippen molar-refractivity contribution in [1.29, 1.82) is 0 Å². The van der Waals surface area contributed by atoms with E-state index < -0.39 is 0 Å². The van der Waals surface area contributed by atoms with E-state index in [0.29, 0.717) is 17.8 Å². The van der Waals surface area contributed by atoms with Gasteiger partial charge in [-0.15, -0.1) is 0 Å². The number of carbonyl (C=O) groups is 1. The van der Waals surface area contributed by atoms with Gasteiger partial charge in [-0.05, 0) is 67.4 Å². The molecular formula is C19H27NO2. The summed E-state index contributed by atoms with van der Waals surface area (Å²) in [4.78, 5) is 11.7. The molecule has 0 spiro atoms. The number of rotatable bonds is 0. The standard InChI is InChI=1S/C19H27NO2/c1-18-7-5-12(21)9-11(18)3-4-13-14(18)6-8-19(2)15(13)10-16(22)17(19)20/h5,7,9,13-17,22H,3-4,6,8,10,20H2,1-2H3/t13-,14+,15+,16-,17-,18+,19+/m1/s1. The van der Waals surface area contributed by atoms with Crippen LogP contribution in [0.5, 0.6) is 0 Å². The van der Waals surface area contributed by atoms with Crippen molar-refractivity contribution < 1.29 is 9.90 Å². The molecule has 0 aliphatic heterocycles. The molecule has 0 heterocycles. The van der Waals surface area contributed by atoms with Crippen LogP contribution in [0.4, 0.5) is 0 Å². The summed E-state index contributed by atoms with van der Waals surface area (Å²) in [5.74, 6) is 1.89. The molecule has 0 aromatic rings. The quantitative estimate of drug-likeness (QED) is 0.723. The average Bonchev–Trinajstić information content (AvgIpc) is 2.72. The minimum Gasteiger partial charge on any atom is -0.391 e. The van der Waals surface area contributed by atoms with E-state index in [0.717, 1.165) is 32.1 Å². The summed E-state index contributed by atoms with van der Waals surface area (Å²) in [6.45, 7) is 4.61. The van der Waals surface area contributed by atoms with Gasteiger partial charge in [0.15, 0.2) is 5.78 Å². The fraction of sp³-hybridized carbons (Fsp3) is 0.737. The highest BCUT2D eigenvalue weighted by atomic mass is 16.3. The zero-order valence-electron chi connectivity index (χ0n) is 13.6. The number of fused-ring (bicyclic) bond motifs is 5. The Hall–Kier alpha value is -0.930. The first-order chi connectivity index (χ1) is 10.4. The molecule has 0 aromatic heterocycles. The lowest BCUT2D eigenvalue weighted by atomic mass is 9.48. The molecule has 4 aliphatic rings. The zero-order chi connectivity index (χ0) is 15.7. The predicted molar refractivity (Wildman–Crippen MR) is 86.0 cm³/mol. The molecule has 4 aliphatic carbocycles. The van der Waals surface area contributed by atoms with Gasteiger partial charge >= 0.3 is 0 Å². The van der Waals surface area contributed by atoms with Gasteiger partial charge in [0.2, 0.25) is 0 Å². The summed E-state index contributed by atoms with van der Waals surface area (Å²) in [6, 6.07) is -0.0772. The molecule has 3 N–H and O–H groups in total. The third kappa shape index (κ3) is 1.73. The Morgan fingerprint density at radius 1 is 1.27 bits per heavy atom. The number of ketones is 1. The topological polar surface area (TPSA) is 63.3 Å². The highest BCUT2D eigenvalue weighted by molar-refractivity contribution is 6.01. The third-order valence-electron chi connectivity index (χ3n) is 7.67. The van der Waals surface area contributed by atoms with Crippen LogP contribution in [-0.4, -0.2) is 23.0 Å². The highest BCUT2D eigenvalue weighted by Gasteiger charge is 2.60. The summed E-state index contributed by atoms with van der Waals surface area (Å²) < 4.78 is 0. The summed E-state index contributed by atoms with van der Waals surface area (Å²) in [5, 5.41) is 10.3. The van der Waals surface area contributed by atoms with E-state index in [-0.39, 0.29) is 28.8 Å². The van der Waals surface area contributed by atoms with Crippen molar-refractivity contribution in [2.24, 2.45) is 34.3 Å². The van der Waals surface area contributed by atoms with E-state index in [1.807, 2.05) is 6.08 Å². The third-order valence-corrected chi connectivity index (χ3v) is 7.67. The van der Waals surface area contributed by atoms with Gasteiger partial charge in [0.05, 0.1) is 6.10 Å². The second kappa shape index (κ2) is 4.55. The Balaban J connectivity index is 1.71. The highest BCUT2D eigenvalue weighted by Crippen LogP contribution is 2.64. The molecule has 3 nitrogen and oxygen atoms in total. The van der Waals surface area contributed by atoms with Crippen LogP contribution in [0.1, 0.15) is 46.0 Å². The van der Waals surface area contributed by atoms with Crippen LogP contribution in [0.3, 0.4) is 0 Å². The molecule has 3 heteroatoms. The average molecular weight is 301 g/mol. The predicted octanol–water partition coefficient (Wildman–Crippen LogP) is 2.59. The molecule has 0 bridgehead atoms. The summed E-state index contributed by atoms with van der Waals surface area (Å²) >= 11 is 0. The second-order valence-electron chi connectivity index (χ2n) is 8.48. The van der Waals surface area contributed by atoms with Crippen molar-refractivity contribution in [3.63, 3.8) is 0 Å². The molecule has 0 unspecified atom stereocenters. The van der Waals surface area contributed by atoms with Crippen molar-refractivity contribution in [3.8, 4) is 0 Å². The molecular weight excluding hydrogens is 274 g/mol. The molecule has 22 heavy (non-hydrogen) atoms. The van der Waals surface area contributed by atoms with E-state index in [4.69, 9.17) is 5.73 Å². The van der Waals surface area contributed by atoms with Crippen LogP contribution in [0, 0.1) is 28.6 Å². The van der Waals surface area contributed by atoms with Crippen LogP contribution in [0.15, 0.2) is 23.8 Å². The number of aliphatic hydroxyl groups excluding tert-OH is 1. The molecule has 7 atom stereocenters.